The monoisotopic (exact) mass is 834 g/mol. The first-order valence-corrected chi connectivity index (χ1v) is 20.3. The van der Waals surface area contributed by atoms with Crippen LogP contribution in [0.1, 0.15) is 50.3 Å². The molecule has 0 unspecified atom stereocenters. The molecule has 4 atom stereocenters. The first kappa shape index (κ1) is 40.5. The van der Waals surface area contributed by atoms with Gasteiger partial charge in [0.25, 0.3) is 0 Å². The third-order valence-corrected chi connectivity index (χ3v) is 14.4. The summed E-state index contributed by atoms with van der Waals surface area (Å²) in [6, 6.07) is 3.11. The maximum Gasteiger partial charge on any atom is 0.351 e. The molecular weight excluding hydrogens is 802 g/mol. The number of ether oxygens (including phenoxy) is 3. The highest BCUT2D eigenvalue weighted by Crippen LogP contribution is 2.51. The van der Waals surface area contributed by atoms with E-state index in [1.165, 1.54) is 16.8 Å². The van der Waals surface area contributed by atoms with Gasteiger partial charge in [0.05, 0.1) is 23.3 Å². The van der Waals surface area contributed by atoms with Gasteiger partial charge in [-0.25, -0.2) is 35.4 Å². The summed E-state index contributed by atoms with van der Waals surface area (Å²) in [5.74, 6) is -12.0. The lowest BCUT2D eigenvalue weighted by Crippen LogP contribution is -2.41. The van der Waals surface area contributed by atoms with E-state index in [0.717, 1.165) is 0 Å². The molecule has 0 spiro atoms. The van der Waals surface area contributed by atoms with Crippen molar-refractivity contribution in [1.29, 1.82) is 5.26 Å². The van der Waals surface area contributed by atoms with Crippen LogP contribution in [0.15, 0.2) is 12.3 Å². The summed E-state index contributed by atoms with van der Waals surface area (Å²) in [7, 11) is -9.70. The first-order chi connectivity index (χ1) is 25.2. The quantitative estimate of drug-likeness (QED) is 0.0763. The summed E-state index contributed by atoms with van der Waals surface area (Å²) in [4.78, 5) is 28.4. The van der Waals surface area contributed by atoms with Crippen molar-refractivity contribution >= 4 is 57.7 Å². The highest BCUT2D eigenvalue weighted by molar-refractivity contribution is 7.97. The number of aliphatic hydroxyl groups is 2. The van der Waals surface area contributed by atoms with Crippen molar-refractivity contribution in [3.8, 4) is 6.07 Å². The van der Waals surface area contributed by atoms with E-state index in [1.54, 1.807) is 0 Å². The van der Waals surface area contributed by atoms with E-state index in [9.17, 15) is 60.0 Å². The summed E-state index contributed by atoms with van der Waals surface area (Å²) in [5, 5.41) is 34.6. The molecule has 54 heavy (non-hydrogen) atoms. The summed E-state index contributed by atoms with van der Waals surface area (Å²) >= 11 is 6.28. The zero-order valence-corrected chi connectivity index (χ0v) is 30.3. The van der Waals surface area contributed by atoms with Crippen LogP contribution in [0.2, 0.25) is 5.15 Å². The van der Waals surface area contributed by atoms with Gasteiger partial charge >= 0.3 is 19.5 Å². The number of hydrogen-bond donors (Lipinski definition) is 3. The normalized spacial score (nSPS) is 28.1. The summed E-state index contributed by atoms with van der Waals surface area (Å²) in [6.45, 7) is -2.48. The standard InChI is InChI=1S/C30H33ClF5N4O12PS/c31-24-19(9-37)21(38-17-3-16(32)4-17)18-1-2-40(25(18)39-24)26-23(42)22(41)20(52-26)10-54(46,47)13-53(45,50-11-48-27(43)14-5-29(33,34)6-14)51-12-49-28(44)15-7-30(35,36)8-15/h1-2,14-17,20,22-23,26,41-42H,3-8,10-13H2,(H,38,39)/t16-,17+,20-,22-,23-,26-/m1/s1. The Morgan fingerprint density at radius 3 is 2.11 bits per heavy atom. The second-order valence-electron chi connectivity index (χ2n) is 13.7. The van der Waals surface area contributed by atoms with Gasteiger partial charge in [0.15, 0.2) is 26.7 Å². The molecule has 4 aliphatic rings. The van der Waals surface area contributed by atoms with Gasteiger partial charge in [-0.05, 0) is 18.9 Å². The second-order valence-corrected chi connectivity index (χ2v) is 18.6. The van der Waals surface area contributed by atoms with Gasteiger partial charge < -0.3 is 34.3 Å². The van der Waals surface area contributed by atoms with E-state index >= 15 is 0 Å². The van der Waals surface area contributed by atoms with Crippen LogP contribution >= 0.6 is 19.2 Å². The molecule has 0 amide bonds. The number of alkyl halides is 5. The van der Waals surface area contributed by atoms with Crippen LogP contribution in [0.4, 0.5) is 27.6 Å². The lowest BCUT2D eigenvalue weighted by atomic mass is 9.81. The fourth-order valence-corrected chi connectivity index (χ4v) is 10.9. The summed E-state index contributed by atoms with van der Waals surface area (Å²) < 4.78 is 133. The molecule has 1 aliphatic heterocycles. The van der Waals surface area contributed by atoms with E-state index in [1.807, 2.05) is 6.07 Å². The van der Waals surface area contributed by atoms with Crippen molar-refractivity contribution < 1.29 is 78.0 Å². The second kappa shape index (κ2) is 15.1. The van der Waals surface area contributed by atoms with E-state index in [2.05, 4.69) is 10.3 Å². The van der Waals surface area contributed by atoms with Gasteiger partial charge in [-0.15, -0.1) is 0 Å². The Kier molecular flexibility index (Phi) is 11.3. The number of halogens is 6. The first-order valence-electron chi connectivity index (χ1n) is 16.4. The molecule has 298 valence electrons. The molecular formula is C30H33ClF5N4O12PS. The van der Waals surface area contributed by atoms with Crippen LogP contribution in [-0.2, 0) is 47.2 Å². The van der Waals surface area contributed by atoms with Crippen molar-refractivity contribution in [1.82, 2.24) is 9.55 Å². The molecule has 2 aromatic rings. The number of carbonyl (C=O) groups excluding carboxylic acids is 2. The van der Waals surface area contributed by atoms with Crippen LogP contribution in [-0.4, -0.2) is 107 Å². The fourth-order valence-electron chi connectivity index (χ4n) is 6.44. The molecule has 3 aliphatic carbocycles. The Morgan fingerprint density at radius 1 is 1.06 bits per heavy atom. The molecule has 0 aromatic carbocycles. The molecule has 2 aromatic heterocycles. The topological polar surface area (TPSA) is 226 Å². The number of anilines is 1. The number of nitriles is 1. The van der Waals surface area contributed by atoms with Crippen molar-refractivity contribution in [2.24, 2.45) is 11.8 Å². The Morgan fingerprint density at radius 2 is 1.61 bits per heavy atom. The number of aromatic nitrogens is 2. The number of hydrogen-bond acceptors (Lipinski definition) is 15. The van der Waals surface area contributed by atoms with Crippen LogP contribution in [0.5, 0.6) is 0 Å². The van der Waals surface area contributed by atoms with Crippen LogP contribution in [0, 0.1) is 23.2 Å². The number of esters is 2. The van der Waals surface area contributed by atoms with Gasteiger partial charge in [-0.1, -0.05) is 11.6 Å². The molecule has 4 fully saturated rings. The number of nitrogens with one attached hydrogen (secondary N) is 1. The van der Waals surface area contributed by atoms with Gasteiger partial charge in [0.1, 0.15) is 41.8 Å². The summed E-state index contributed by atoms with van der Waals surface area (Å²) in [6.07, 6.45) is -9.40. The molecule has 3 heterocycles. The molecule has 24 heteroatoms. The third-order valence-electron chi connectivity index (χ3n) is 9.49. The van der Waals surface area contributed by atoms with Crippen LogP contribution < -0.4 is 5.32 Å². The molecule has 6 rings (SSSR count). The number of rotatable bonds is 15. The minimum atomic E-state index is -4.99. The lowest BCUT2D eigenvalue weighted by molar-refractivity contribution is -0.179. The third kappa shape index (κ3) is 8.78. The SMILES string of the molecule is N#Cc1c(Cl)nc2c(ccn2[C@@H]2O[C@H](CS(=O)(=O)CP(=O)(OCOC(=O)C3CC(F)(F)C3)OCOC(=O)C3CC(F)(F)C3)[C@@H](O)[C@H]2O)c1N[C@H]1C[C@@H](F)C1. The Balaban J connectivity index is 1.13. The molecule has 1 saturated heterocycles. The molecule has 16 nitrogen and oxygen atoms in total. The molecule has 0 radical (unpaired) electrons. The maximum absolute atomic E-state index is 13.6. The molecule has 3 N–H and O–H groups in total. The van der Waals surface area contributed by atoms with E-state index in [0.29, 0.717) is 5.39 Å². The average molecular weight is 835 g/mol. The number of carbonyl (C=O) groups is 2. The Bertz CT molecular complexity index is 1940. The maximum atomic E-state index is 13.6. The zero-order chi connectivity index (χ0) is 39.4. The van der Waals surface area contributed by atoms with Gasteiger partial charge in [0, 0.05) is 43.3 Å². The predicted molar refractivity (Wildman–Crippen MR) is 173 cm³/mol. The van der Waals surface area contributed by atoms with Gasteiger partial charge in [-0.2, -0.15) is 5.26 Å². The van der Waals surface area contributed by atoms with Crippen LogP contribution in [0.3, 0.4) is 0 Å². The number of aliphatic hydroxyl groups excluding tert-OH is 2. The number of pyridine rings is 1. The average Bonchev–Trinajstić information content (AvgIpc) is 3.56. The lowest BCUT2D eigenvalue weighted by Gasteiger charge is -2.33. The van der Waals surface area contributed by atoms with Gasteiger partial charge in [-0.3, -0.25) is 23.2 Å². The van der Waals surface area contributed by atoms with Crippen molar-refractivity contribution in [2.45, 2.75) is 87.1 Å². The van der Waals surface area contributed by atoms with E-state index in [-0.39, 0.29) is 40.9 Å². The fraction of sp³-hybridized carbons (Fsp3) is 0.667. The van der Waals surface area contributed by atoms with Crippen molar-refractivity contribution in [2.75, 3.05) is 30.1 Å². The van der Waals surface area contributed by atoms with Crippen molar-refractivity contribution in [3.05, 3.63) is 23.0 Å². The van der Waals surface area contributed by atoms with E-state index < -0.39 is 134 Å². The van der Waals surface area contributed by atoms with Gasteiger partial charge in [0.2, 0.25) is 25.4 Å². The molecule has 3 saturated carbocycles. The predicted octanol–water partition coefficient (Wildman–Crippen LogP) is 3.78. The minimum Gasteiger partial charge on any atom is -0.438 e. The number of fused-ring (bicyclic) bond motifs is 1. The van der Waals surface area contributed by atoms with E-state index in [4.69, 9.17) is 34.9 Å². The highest BCUT2D eigenvalue weighted by Gasteiger charge is 2.51. The Hall–Kier alpha value is -3.16. The zero-order valence-electron chi connectivity index (χ0n) is 27.8. The van der Waals surface area contributed by atoms with Crippen LogP contribution in [0.25, 0.3) is 11.0 Å². The minimum absolute atomic E-state index is 0.0336. The summed E-state index contributed by atoms with van der Waals surface area (Å²) in [5.41, 5.74) is -1.27. The number of nitrogens with zero attached hydrogens (tertiary/aromatic N) is 3. The molecule has 0 bridgehead atoms. The smallest absolute Gasteiger partial charge is 0.351 e. The highest BCUT2D eigenvalue weighted by atomic mass is 35.5. The number of sulfone groups is 1. The van der Waals surface area contributed by atoms with Crippen molar-refractivity contribution in [3.63, 3.8) is 0 Å². The largest absolute Gasteiger partial charge is 0.438 e. The Labute approximate surface area is 308 Å².